The molecule has 1 rings (SSSR count). The molecule has 0 saturated heterocycles. The van der Waals surface area contributed by atoms with Gasteiger partial charge in [-0.1, -0.05) is 12.1 Å². The third kappa shape index (κ3) is 5.19. The number of hydrogen-bond acceptors (Lipinski definition) is 4. The van der Waals surface area contributed by atoms with Gasteiger partial charge in [-0.15, -0.1) is 0 Å². The summed E-state index contributed by atoms with van der Waals surface area (Å²) in [5.74, 6) is 0.941. The van der Waals surface area contributed by atoms with Gasteiger partial charge in [0.15, 0.2) is 5.76 Å². The molecule has 104 valence electrons. The molecule has 0 bridgehead atoms. The molecule has 0 spiro atoms. The number of hydrogen-bond donors (Lipinski definition) is 1. The summed E-state index contributed by atoms with van der Waals surface area (Å²) in [6.07, 6.45) is 0. The second kappa shape index (κ2) is 6.34. The number of nitrogens with zero attached hydrogens (tertiary/aromatic N) is 2. The first-order valence-electron chi connectivity index (χ1n) is 6.75. The van der Waals surface area contributed by atoms with Gasteiger partial charge in [0.1, 0.15) is 0 Å². The number of rotatable bonds is 6. The molecule has 1 N–H and O–H groups in total. The van der Waals surface area contributed by atoms with Crippen LogP contribution in [0.4, 0.5) is 0 Å². The van der Waals surface area contributed by atoms with Gasteiger partial charge >= 0.3 is 0 Å². The van der Waals surface area contributed by atoms with Gasteiger partial charge in [0.05, 0.1) is 12.2 Å². The topological polar surface area (TPSA) is 41.3 Å². The van der Waals surface area contributed by atoms with Crippen LogP contribution in [0.15, 0.2) is 10.6 Å². The first-order chi connectivity index (χ1) is 8.31. The Hall–Kier alpha value is -0.870. The van der Waals surface area contributed by atoms with Crippen LogP contribution in [-0.2, 0) is 13.1 Å². The molecule has 0 amide bonds. The Labute approximate surface area is 111 Å². The van der Waals surface area contributed by atoms with Gasteiger partial charge in [0.25, 0.3) is 0 Å². The van der Waals surface area contributed by atoms with Crippen molar-refractivity contribution >= 4 is 0 Å². The lowest BCUT2D eigenvalue weighted by atomic mass is 10.1. The predicted octanol–water partition coefficient (Wildman–Crippen LogP) is 2.79. The SMILES string of the molecule is CCN(Cc1cc(CNC(C)(C)C)no1)C(C)C. The fraction of sp³-hybridized carbons (Fsp3) is 0.786. The zero-order chi connectivity index (χ0) is 13.8. The summed E-state index contributed by atoms with van der Waals surface area (Å²) in [7, 11) is 0. The molecule has 0 aliphatic rings. The zero-order valence-electron chi connectivity index (χ0n) is 12.6. The summed E-state index contributed by atoms with van der Waals surface area (Å²) in [4.78, 5) is 2.35. The lowest BCUT2D eigenvalue weighted by Crippen LogP contribution is -2.35. The minimum Gasteiger partial charge on any atom is -0.360 e. The summed E-state index contributed by atoms with van der Waals surface area (Å²) < 4.78 is 5.38. The van der Waals surface area contributed by atoms with E-state index in [-0.39, 0.29) is 5.54 Å². The van der Waals surface area contributed by atoms with Gasteiger partial charge in [-0.05, 0) is 41.2 Å². The van der Waals surface area contributed by atoms with Gasteiger partial charge in [-0.2, -0.15) is 0 Å². The second-order valence-electron chi connectivity index (χ2n) is 6.04. The average Bonchev–Trinajstić information content (AvgIpc) is 2.69. The van der Waals surface area contributed by atoms with Crippen LogP contribution in [0.5, 0.6) is 0 Å². The Morgan fingerprint density at radius 2 is 2.06 bits per heavy atom. The van der Waals surface area contributed by atoms with Crippen LogP contribution >= 0.6 is 0 Å². The molecule has 0 radical (unpaired) electrons. The molecule has 1 aromatic heterocycles. The summed E-state index contributed by atoms with van der Waals surface area (Å²) in [6, 6.07) is 2.57. The summed E-state index contributed by atoms with van der Waals surface area (Å²) in [6.45, 7) is 15.6. The molecule has 1 aromatic rings. The molecule has 0 fully saturated rings. The highest BCUT2D eigenvalue weighted by Crippen LogP contribution is 2.10. The molecule has 0 atom stereocenters. The quantitative estimate of drug-likeness (QED) is 0.846. The third-order valence-electron chi connectivity index (χ3n) is 2.90. The monoisotopic (exact) mass is 253 g/mol. The van der Waals surface area contributed by atoms with Gasteiger partial charge in [-0.25, -0.2) is 0 Å². The van der Waals surface area contributed by atoms with Gasteiger partial charge < -0.3 is 9.84 Å². The largest absolute Gasteiger partial charge is 0.360 e. The lowest BCUT2D eigenvalue weighted by molar-refractivity contribution is 0.198. The van der Waals surface area contributed by atoms with E-state index in [1.165, 1.54) is 0 Å². The summed E-state index contributed by atoms with van der Waals surface area (Å²) in [5, 5.41) is 7.51. The van der Waals surface area contributed by atoms with E-state index < -0.39 is 0 Å². The van der Waals surface area contributed by atoms with E-state index in [2.05, 4.69) is 56.9 Å². The highest BCUT2D eigenvalue weighted by Gasteiger charge is 2.13. The van der Waals surface area contributed by atoms with Crippen LogP contribution in [-0.4, -0.2) is 28.2 Å². The van der Waals surface area contributed by atoms with Gasteiger partial charge in [0, 0.05) is 24.2 Å². The summed E-state index contributed by atoms with van der Waals surface area (Å²) >= 11 is 0. The molecule has 1 heterocycles. The highest BCUT2D eigenvalue weighted by atomic mass is 16.5. The first kappa shape index (κ1) is 15.2. The van der Waals surface area contributed by atoms with E-state index in [9.17, 15) is 0 Å². The van der Waals surface area contributed by atoms with E-state index in [4.69, 9.17) is 4.52 Å². The molecule has 0 aromatic carbocycles. The minimum atomic E-state index is 0.104. The first-order valence-corrected chi connectivity index (χ1v) is 6.75. The minimum absolute atomic E-state index is 0.104. The molecular weight excluding hydrogens is 226 g/mol. The van der Waals surface area contributed by atoms with Crippen molar-refractivity contribution in [3.63, 3.8) is 0 Å². The smallest absolute Gasteiger partial charge is 0.151 e. The Morgan fingerprint density at radius 1 is 1.39 bits per heavy atom. The Balaban J connectivity index is 2.52. The zero-order valence-corrected chi connectivity index (χ0v) is 12.6. The predicted molar refractivity (Wildman–Crippen MR) is 74.3 cm³/mol. The average molecular weight is 253 g/mol. The number of aromatic nitrogens is 1. The molecule has 0 aliphatic heterocycles. The lowest BCUT2D eigenvalue weighted by Gasteiger charge is -2.22. The molecule has 0 aliphatic carbocycles. The maximum Gasteiger partial charge on any atom is 0.151 e. The highest BCUT2D eigenvalue weighted by molar-refractivity contribution is 5.05. The van der Waals surface area contributed by atoms with E-state index in [0.717, 1.165) is 31.1 Å². The van der Waals surface area contributed by atoms with Crippen LogP contribution in [0.2, 0.25) is 0 Å². The van der Waals surface area contributed by atoms with Crippen molar-refractivity contribution < 1.29 is 4.52 Å². The Bertz CT molecular complexity index is 352. The molecule has 0 saturated carbocycles. The van der Waals surface area contributed by atoms with Crippen LogP contribution in [0.25, 0.3) is 0 Å². The van der Waals surface area contributed by atoms with Crippen LogP contribution in [0.1, 0.15) is 53.0 Å². The van der Waals surface area contributed by atoms with Crippen LogP contribution in [0.3, 0.4) is 0 Å². The number of nitrogens with one attached hydrogen (secondary N) is 1. The van der Waals surface area contributed by atoms with Crippen molar-refractivity contribution in [3.05, 3.63) is 17.5 Å². The molecular formula is C14H27N3O. The van der Waals surface area contributed by atoms with E-state index >= 15 is 0 Å². The molecule has 4 heteroatoms. The van der Waals surface area contributed by atoms with Crippen molar-refractivity contribution in [1.29, 1.82) is 0 Å². The molecule has 18 heavy (non-hydrogen) atoms. The maximum atomic E-state index is 5.38. The van der Waals surface area contributed by atoms with Gasteiger partial charge in [0.2, 0.25) is 0 Å². The van der Waals surface area contributed by atoms with Crippen LogP contribution < -0.4 is 5.32 Å². The standard InChI is InChI=1S/C14H27N3O/c1-7-17(11(2)3)10-13-8-12(16-18-13)9-15-14(4,5)6/h8,11,15H,7,9-10H2,1-6H3. The Morgan fingerprint density at radius 3 is 2.56 bits per heavy atom. The fourth-order valence-electron chi connectivity index (χ4n) is 1.73. The molecule has 0 unspecified atom stereocenters. The van der Waals surface area contributed by atoms with E-state index in [1.807, 2.05) is 6.07 Å². The maximum absolute atomic E-state index is 5.38. The third-order valence-corrected chi connectivity index (χ3v) is 2.90. The normalized spacial score (nSPS) is 12.7. The van der Waals surface area contributed by atoms with Crippen molar-refractivity contribution in [2.45, 2.75) is 66.2 Å². The van der Waals surface area contributed by atoms with E-state index in [0.29, 0.717) is 6.04 Å². The molecule has 4 nitrogen and oxygen atoms in total. The van der Waals surface area contributed by atoms with Crippen LogP contribution in [0, 0.1) is 0 Å². The fourth-order valence-corrected chi connectivity index (χ4v) is 1.73. The second-order valence-corrected chi connectivity index (χ2v) is 6.04. The van der Waals surface area contributed by atoms with E-state index in [1.54, 1.807) is 0 Å². The summed E-state index contributed by atoms with van der Waals surface area (Å²) in [5.41, 5.74) is 1.08. The van der Waals surface area contributed by atoms with Crippen molar-refractivity contribution in [2.75, 3.05) is 6.54 Å². The van der Waals surface area contributed by atoms with Crippen molar-refractivity contribution in [2.24, 2.45) is 0 Å². The van der Waals surface area contributed by atoms with Gasteiger partial charge in [-0.3, -0.25) is 4.90 Å². The van der Waals surface area contributed by atoms with Crippen molar-refractivity contribution in [3.8, 4) is 0 Å². The van der Waals surface area contributed by atoms with Crippen molar-refractivity contribution in [1.82, 2.24) is 15.4 Å². The Kier molecular flexibility index (Phi) is 5.35.